The molecule has 0 radical (unpaired) electrons. The first-order chi connectivity index (χ1) is 8.08. The molecule has 0 bridgehead atoms. The zero-order valence-corrected chi connectivity index (χ0v) is 10.5. The third-order valence-corrected chi connectivity index (χ3v) is 2.71. The zero-order chi connectivity index (χ0) is 12.8. The summed E-state index contributed by atoms with van der Waals surface area (Å²) in [6.07, 6.45) is 1.81. The number of hydrogen-bond donors (Lipinski definition) is 1. The SMILES string of the molecule is CNc1cc(F)c(C)cc1CCCC(=O)OC. The molecule has 0 unspecified atom stereocenters. The van der Waals surface area contributed by atoms with Gasteiger partial charge in [0, 0.05) is 19.2 Å². The smallest absolute Gasteiger partial charge is 0.305 e. The number of esters is 1. The van der Waals surface area contributed by atoms with Crippen LogP contribution in [-0.4, -0.2) is 20.1 Å². The van der Waals surface area contributed by atoms with E-state index in [1.54, 1.807) is 14.0 Å². The average molecular weight is 239 g/mol. The molecule has 4 heteroatoms. The number of anilines is 1. The van der Waals surface area contributed by atoms with Gasteiger partial charge in [0.15, 0.2) is 0 Å². The maximum absolute atomic E-state index is 13.3. The van der Waals surface area contributed by atoms with E-state index in [1.807, 2.05) is 6.07 Å². The summed E-state index contributed by atoms with van der Waals surface area (Å²) in [6, 6.07) is 3.31. The summed E-state index contributed by atoms with van der Waals surface area (Å²) in [5.41, 5.74) is 2.42. The molecule has 0 aromatic heterocycles. The average Bonchev–Trinajstić information content (AvgIpc) is 2.32. The van der Waals surface area contributed by atoms with Crippen LogP contribution in [0, 0.1) is 12.7 Å². The van der Waals surface area contributed by atoms with Crippen LogP contribution in [0.3, 0.4) is 0 Å². The predicted octanol–water partition coefficient (Wildman–Crippen LogP) is 2.67. The Bertz CT molecular complexity index is 405. The molecule has 0 saturated carbocycles. The lowest BCUT2D eigenvalue weighted by molar-refractivity contribution is -0.140. The molecule has 0 aliphatic carbocycles. The highest BCUT2D eigenvalue weighted by atomic mass is 19.1. The summed E-state index contributed by atoms with van der Waals surface area (Å²) in [5.74, 6) is -0.430. The monoisotopic (exact) mass is 239 g/mol. The molecule has 3 nitrogen and oxygen atoms in total. The van der Waals surface area contributed by atoms with Gasteiger partial charge in [0.1, 0.15) is 5.82 Å². The molecule has 1 aromatic carbocycles. The van der Waals surface area contributed by atoms with Crippen molar-refractivity contribution in [1.82, 2.24) is 0 Å². The first-order valence-electron chi connectivity index (χ1n) is 5.62. The lowest BCUT2D eigenvalue weighted by Crippen LogP contribution is -2.03. The Labute approximate surface area is 101 Å². The molecule has 0 atom stereocenters. The number of rotatable bonds is 5. The molecule has 0 heterocycles. The number of ether oxygens (including phenoxy) is 1. The molecule has 0 spiro atoms. The van der Waals surface area contributed by atoms with Crippen molar-refractivity contribution in [2.24, 2.45) is 0 Å². The van der Waals surface area contributed by atoms with E-state index in [0.29, 0.717) is 18.4 Å². The van der Waals surface area contributed by atoms with Crippen LogP contribution in [0.2, 0.25) is 0 Å². The first-order valence-corrected chi connectivity index (χ1v) is 5.62. The summed E-state index contributed by atoms with van der Waals surface area (Å²) in [4.78, 5) is 11.0. The number of hydrogen-bond acceptors (Lipinski definition) is 3. The minimum Gasteiger partial charge on any atom is -0.469 e. The summed E-state index contributed by atoms with van der Waals surface area (Å²) in [7, 11) is 3.14. The molecule has 0 fully saturated rings. The van der Waals surface area contributed by atoms with E-state index in [1.165, 1.54) is 13.2 Å². The van der Waals surface area contributed by atoms with Crippen LogP contribution in [0.25, 0.3) is 0 Å². The molecule has 1 N–H and O–H groups in total. The lowest BCUT2D eigenvalue weighted by Gasteiger charge is -2.10. The number of carbonyl (C=O) groups is 1. The second kappa shape index (κ2) is 6.23. The van der Waals surface area contributed by atoms with Crippen LogP contribution in [0.4, 0.5) is 10.1 Å². The van der Waals surface area contributed by atoms with Gasteiger partial charge in [0.05, 0.1) is 7.11 Å². The van der Waals surface area contributed by atoms with Crippen LogP contribution < -0.4 is 5.32 Å². The number of benzene rings is 1. The first kappa shape index (κ1) is 13.5. The van der Waals surface area contributed by atoms with Crippen molar-refractivity contribution >= 4 is 11.7 Å². The van der Waals surface area contributed by atoms with Gasteiger partial charge in [-0.25, -0.2) is 4.39 Å². The third-order valence-electron chi connectivity index (χ3n) is 2.71. The molecule has 17 heavy (non-hydrogen) atoms. The minimum atomic E-state index is -0.217. The second-order valence-electron chi connectivity index (χ2n) is 3.94. The number of nitrogens with one attached hydrogen (secondary N) is 1. The van der Waals surface area contributed by atoms with E-state index in [4.69, 9.17) is 0 Å². The van der Waals surface area contributed by atoms with Crippen LogP contribution in [-0.2, 0) is 16.0 Å². The van der Waals surface area contributed by atoms with Crippen LogP contribution in [0.1, 0.15) is 24.0 Å². The third kappa shape index (κ3) is 3.73. The molecular formula is C13H18FNO2. The quantitative estimate of drug-likeness (QED) is 0.803. The summed E-state index contributed by atoms with van der Waals surface area (Å²) >= 11 is 0. The molecule has 0 aliphatic heterocycles. The Kier molecular flexibility index (Phi) is 4.94. The Morgan fingerprint density at radius 2 is 2.18 bits per heavy atom. The van der Waals surface area contributed by atoms with Gasteiger partial charge < -0.3 is 10.1 Å². The van der Waals surface area contributed by atoms with E-state index in [9.17, 15) is 9.18 Å². The Morgan fingerprint density at radius 1 is 1.47 bits per heavy atom. The van der Waals surface area contributed by atoms with Crippen molar-refractivity contribution in [3.8, 4) is 0 Å². The number of methoxy groups -OCH3 is 1. The second-order valence-corrected chi connectivity index (χ2v) is 3.94. The zero-order valence-electron chi connectivity index (χ0n) is 10.5. The number of carbonyl (C=O) groups excluding carboxylic acids is 1. The van der Waals surface area contributed by atoms with Crippen LogP contribution in [0.5, 0.6) is 0 Å². The molecule has 0 amide bonds. The summed E-state index contributed by atoms with van der Waals surface area (Å²) < 4.78 is 17.9. The highest BCUT2D eigenvalue weighted by Gasteiger charge is 2.07. The van der Waals surface area contributed by atoms with Gasteiger partial charge in [0.25, 0.3) is 0 Å². The van der Waals surface area contributed by atoms with Crippen molar-refractivity contribution in [2.75, 3.05) is 19.5 Å². The van der Waals surface area contributed by atoms with Gasteiger partial charge in [-0.1, -0.05) is 6.07 Å². The van der Waals surface area contributed by atoms with E-state index >= 15 is 0 Å². The minimum absolute atomic E-state index is 0.213. The fraction of sp³-hybridized carbons (Fsp3) is 0.462. The van der Waals surface area contributed by atoms with Crippen molar-refractivity contribution in [2.45, 2.75) is 26.2 Å². The highest BCUT2D eigenvalue weighted by molar-refractivity contribution is 5.69. The molecule has 0 aliphatic rings. The topological polar surface area (TPSA) is 38.3 Å². The van der Waals surface area contributed by atoms with Crippen LogP contribution >= 0.6 is 0 Å². The standard InChI is InChI=1S/C13H18FNO2/c1-9-7-10(5-4-6-13(16)17-3)12(15-2)8-11(9)14/h7-8,15H,4-6H2,1-3H3. The van der Waals surface area contributed by atoms with Crippen molar-refractivity contribution in [3.63, 3.8) is 0 Å². The Hall–Kier alpha value is -1.58. The van der Waals surface area contributed by atoms with E-state index in [0.717, 1.165) is 17.7 Å². The van der Waals surface area contributed by atoms with Crippen molar-refractivity contribution in [1.29, 1.82) is 0 Å². The molecular weight excluding hydrogens is 221 g/mol. The molecule has 1 rings (SSSR count). The number of halogens is 1. The van der Waals surface area contributed by atoms with Crippen molar-refractivity contribution in [3.05, 3.63) is 29.1 Å². The van der Waals surface area contributed by atoms with Gasteiger partial charge >= 0.3 is 5.97 Å². The lowest BCUT2D eigenvalue weighted by atomic mass is 10.0. The van der Waals surface area contributed by atoms with Crippen molar-refractivity contribution < 1.29 is 13.9 Å². The molecule has 94 valence electrons. The van der Waals surface area contributed by atoms with Gasteiger partial charge in [-0.2, -0.15) is 0 Å². The molecule has 1 aromatic rings. The van der Waals surface area contributed by atoms with E-state index in [2.05, 4.69) is 10.1 Å². The van der Waals surface area contributed by atoms with E-state index in [-0.39, 0.29) is 11.8 Å². The Morgan fingerprint density at radius 3 is 2.76 bits per heavy atom. The predicted molar refractivity (Wildman–Crippen MR) is 65.6 cm³/mol. The van der Waals surface area contributed by atoms with Gasteiger partial charge in [-0.15, -0.1) is 0 Å². The molecule has 0 saturated heterocycles. The number of aryl methyl sites for hydroxylation is 2. The highest BCUT2D eigenvalue weighted by Crippen LogP contribution is 2.21. The van der Waals surface area contributed by atoms with E-state index < -0.39 is 0 Å². The van der Waals surface area contributed by atoms with Crippen LogP contribution in [0.15, 0.2) is 12.1 Å². The summed E-state index contributed by atoms with van der Waals surface area (Å²) in [5, 5.41) is 2.96. The fourth-order valence-corrected chi connectivity index (χ4v) is 1.71. The maximum Gasteiger partial charge on any atom is 0.305 e. The fourth-order valence-electron chi connectivity index (χ4n) is 1.71. The normalized spacial score (nSPS) is 10.1. The maximum atomic E-state index is 13.3. The van der Waals surface area contributed by atoms with Gasteiger partial charge in [-0.05, 0) is 37.0 Å². The largest absolute Gasteiger partial charge is 0.469 e. The van der Waals surface area contributed by atoms with Gasteiger partial charge in [-0.3, -0.25) is 4.79 Å². The Balaban J connectivity index is 2.69. The summed E-state index contributed by atoms with van der Waals surface area (Å²) in [6.45, 7) is 1.73. The van der Waals surface area contributed by atoms with Gasteiger partial charge in [0.2, 0.25) is 0 Å².